The lowest BCUT2D eigenvalue weighted by Crippen LogP contribution is -2.55. The Kier molecular flexibility index (Phi) is 4.86. The number of nitrogens with zero attached hydrogens (tertiary/aromatic N) is 1. The molecule has 2 rings (SSSR count). The van der Waals surface area contributed by atoms with Gasteiger partial charge in [-0.2, -0.15) is 0 Å². The molecule has 0 unspecified atom stereocenters. The van der Waals surface area contributed by atoms with E-state index in [9.17, 15) is 13.2 Å². The minimum absolute atomic E-state index is 0.0203. The van der Waals surface area contributed by atoms with Crippen LogP contribution in [0.4, 0.5) is 10.5 Å². The summed E-state index contributed by atoms with van der Waals surface area (Å²) in [5.41, 5.74) is 0.186. The van der Waals surface area contributed by atoms with Gasteiger partial charge in [-0.3, -0.25) is 0 Å². The van der Waals surface area contributed by atoms with Crippen molar-refractivity contribution in [1.29, 1.82) is 0 Å². The fraction of sp³-hybridized carbons (Fsp3) is 0.588. The smallest absolute Gasteiger partial charge is 0.322 e. The second kappa shape index (κ2) is 6.27. The summed E-state index contributed by atoms with van der Waals surface area (Å²) in [6.45, 7) is 9.47. The molecule has 0 radical (unpaired) electrons. The zero-order valence-corrected chi connectivity index (χ0v) is 15.7. The molecular formula is C17H26N2O4S. The van der Waals surface area contributed by atoms with Crippen molar-refractivity contribution in [2.75, 3.05) is 24.2 Å². The Morgan fingerprint density at radius 3 is 2.46 bits per heavy atom. The highest BCUT2D eigenvalue weighted by Gasteiger charge is 2.41. The quantitative estimate of drug-likeness (QED) is 0.886. The number of benzene rings is 1. The normalized spacial score (nSPS) is 19.6. The molecule has 0 aliphatic carbocycles. The average molecular weight is 354 g/mol. The highest BCUT2D eigenvalue weighted by Crippen LogP contribution is 2.29. The number of anilines is 1. The summed E-state index contributed by atoms with van der Waals surface area (Å²) >= 11 is 0. The summed E-state index contributed by atoms with van der Waals surface area (Å²) in [5.74, 6) is 0.565. The highest BCUT2D eigenvalue weighted by atomic mass is 32.2. The topological polar surface area (TPSA) is 75.7 Å². The first-order chi connectivity index (χ1) is 10.9. The largest absolute Gasteiger partial charge is 0.486 e. The number of rotatable bonds is 2. The SMILES string of the molecule is CC(C)(C)Oc1ccccc1NC(=O)N1CCS(=O)(=O)C(C)(C)C1. The first-order valence-corrected chi connectivity index (χ1v) is 9.63. The predicted octanol–water partition coefficient (Wildman–Crippen LogP) is 2.90. The van der Waals surface area contributed by atoms with Gasteiger partial charge in [0.15, 0.2) is 9.84 Å². The average Bonchev–Trinajstić information content (AvgIpc) is 2.42. The number of hydrogen-bond donors (Lipinski definition) is 1. The number of carbonyl (C=O) groups is 1. The Bertz CT molecular complexity index is 720. The minimum Gasteiger partial charge on any atom is -0.486 e. The Morgan fingerprint density at radius 1 is 1.25 bits per heavy atom. The molecule has 1 fully saturated rings. The van der Waals surface area contributed by atoms with Gasteiger partial charge in [-0.25, -0.2) is 13.2 Å². The molecule has 1 aliphatic heterocycles. The number of ether oxygens (including phenoxy) is 1. The van der Waals surface area contributed by atoms with Crippen LogP contribution in [0, 0.1) is 0 Å². The monoisotopic (exact) mass is 354 g/mol. The third-order valence-corrected chi connectivity index (χ3v) is 6.41. The van der Waals surface area contributed by atoms with Crippen molar-refractivity contribution in [1.82, 2.24) is 4.90 Å². The van der Waals surface area contributed by atoms with E-state index < -0.39 is 14.6 Å². The third-order valence-electron chi connectivity index (χ3n) is 3.88. The number of hydrogen-bond acceptors (Lipinski definition) is 4. The van der Waals surface area contributed by atoms with Crippen LogP contribution in [-0.4, -0.2) is 48.5 Å². The molecule has 2 amide bonds. The summed E-state index contributed by atoms with van der Waals surface area (Å²) < 4.78 is 29.0. The van der Waals surface area contributed by atoms with E-state index in [1.807, 2.05) is 32.9 Å². The molecule has 7 heteroatoms. The Balaban J connectivity index is 2.14. The second-order valence-corrected chi connectivity index (χ2v) is 10.4. The molecule has 1 aromatic rings. The Labute approximate surface area is 144 Å². The van der Waals surface area contributed by atoms with Crippen LogP contribution in [0.25, 0.3) is 0 Å². The number of para-hydroxylation sites is 2. The van der Waals surface area contributed by atoms with Crippen LogP contribution in [-0.2, 0) is 9.84 Å². The lowest BCUT2D eigenvalue weighted by atomic mass is 10.2. The van der Waals surface area contributed by atoms with Crippen LogP contribution >= 0.6 is 0 Å². The fourth-order valence-corrected chi connectivity index (χ4v) is 3.87. The van der Waals surface area contributed by atoms with Gasteiger partial charge in [0, 0.05) is 13.1 Å². The van der Waals surface area contributed by atoms with Crippen molar-refractivity contribution >= 4 is 21.6 Å². The standard InChI is InChI=1S/C17H26N2O4S/c1-16(2,3)23-14-9-7-6-8-13(14)18-15(20)19-10-11-24(21,22)17(4,5)12-19/h6-9H,10-12H2,1-5H3,(H,18,20). The Hall–Kier alpha value is -1.76. The molecule has 134 valence electrons. The van der Waals surface area contributed by atoms with E-state index in [0.29, 0.717) is 11.4 Å². The lowest BCUT2D eigenvalue weighted by molar-refractivity contribution is 0.131. The maximum Gasteiger partial charge on any atom is 0.322 e. The molecule has 1 aromatic carbocycles. The summed E-state index contributed by atoms with van der Waals surface area (Å²) in [6, 6.07) is 6.90. The van der Waals surface area contributed by atoms with Gasteiger partial charge in [0.2, 0.25) is 0 Å². The molecule has 24 heavy (non-hydrogen) atoms. The molecular weight excluding hydrogens is 328 g/mol. The van der Waals surface area contributed by atoms with E-state index in [1.165, 1.54) is 4.90 Å². The minimum atomic E-state index is -3.18. The molecule has 0 saturated carbocycles. The highest BCUT2D eigenvalue weighted by molar-refractivity contribution is 7.92. The van der Waals surface area contributed by atoms with Crippen LogP contribution in [0.2, 0.25) is 0 Å². The first-order valence-electron chi connectivity index (χ1n) is 7.98. The maximum atomic E-state index is 12.5. The van der Waals surface area contributed by atoms with Crippen LogP contribution in [0.5, 0.6) is 5.75 Å². The van der Waals surface area contributed by atoms with Crippen molar-refractivity contribution in [3.05, 3.63) is 24.3 Å². The molecule has 6 nitrogen and oxygen atoms in total. The number of urea groups is 1. The van der Waals surface area contributed by atoms with E-state index in [0.717, 1.165) is 0 Å². The van der Waals surface area contributed by atoms with Crippen molar-refractivity contribution < 1.29 is 17.9 Å². The van der Waals surface area contributed by atoms with E-state index >= 15 is 0 Å². The van der Waals surface area contributed by atoms with E-state index in [-0.39, 0.29) is 30.5 Å². The lowest BCUT2D eigenvalue weighted by Gasteiger charge is -2.37. The van der Waals surface area contributed by atoms with Crippen molar-refractivity contribution in [2.24, 2.45) is 0 Å². The van der Waals surface area contributed by atoms with Crippen LogP contribution in [0.1, 0.15) is 34.6 Å². The molecule has 0 aromatic heterocycles. The van der Waals surface area contributed by atoms with Gasteiger partial charge >= 0.3 is 6.03 Å². The van der Waals surface area contributed by atoms with Gasteiger partial charge in [0.1, 0.15) is 11.4 Å². The van der Waals surface area contributed by atoms with Crippen LogP contribution in [0.3, 0.4) is 0 Å². The number of amides is 2. The van der Waals surface area contributed by atoms with Gasteiger partial charge in [0.25, 0.3) is 0 Å². The van der Waals surface area contributed by atoms with E-state index in [2.05, 4.69) is 5.32 Å². The molecule has 0 bridgehead atoms. The first kappa shape index (κ1) is 18.6. The van der Waals surface area contributed by atoms with Gasteiger partial charge < -0.3 is 15.0 Å². The molecule has 1 aliphatic rings. The molecule has 1 heterocycles. The third kappa shape index (κ3) is 4.20. The zero-order valence-electron chi connectivity index (χ0n) is 14.9. The summed E-state index contributed by atoms with van der Waals surface area (Å²) in [5, 5.41) is 2.84. The van der Waals surface area contributed by atoms with Gasteiger partial charge in [-0.05, 0) is 46.8 Å². The predicted molar refractivity (Wildman–Crippen MR) is 95.3 cm³/mol. The second-order valence-electron chi connectivity index (χ2n) is 7.64. The molecule has 0 spiro atoms. The van der Waals surface area contributed by atoms with E-state index in [4.69, 9.17) is 4.74 Å². The molecule has 0 atom stereocenters. The van der Waals surface area contributed by atoms with E-state index in [1.54, 1.807) is 26.0 Å². The molecule has 1 saturated heterocycles. The summed E-state index contributed by atoms with van der Waals surface area (Å²) in [6.07, 6.45) is 0. The van der Waals surface area contributed by atoms with Gasteiger partial charge in [-0.1, -0.05) is 12.1 Å². The Morgan fingerprint density at radius 2 is 1.88 bits per heavy atom. The number of nitrogens with one attached hydrogen (secondary N) is 1. The summed E-state index contributed by atoms with van der Waals surface area (Å²) in [4.78, 5) is 14.1. The van der Waals surface area contributed by atoms with Crippen LogP contribution in [0.15, 0.2) is 24.3 Å². The zero-order chi connectivity index (χ0) is 18.2. The maximum absolute atomic E-state index is 12.5. The van der Waals surface area contributed by atoms with Crippen molar-refractivity contribution in [2.45, 2.75) is 45.0 Å². The van der Waals surface area contributed by atoms with Crippen LogP contribution < -0.4 is 10.1 Å². The van der Waals surface area contributed by atoms with Crippen molar-refractivity contribution in [3.63, 3.8) is 0 Å². The summed E-state index contributed by atoms with van der Waals surface area (Å²) in [7, 11) is -3.18. The van der Waals surface area contributed by atoms with Crippen molar-refractivity contribution in [3.8, 4) is 5.75 Å². The number of sulfone groups is 1. The van der Waals surface area contributed by atoms with Gasteiger partial charge in [0.05, 0.1) is 16.2 Å². The fourth-order valence-electron chi connectivity index (χ4n) is 2.50. The number of carbonyl (C=O) groups excluding carboxylic acids is 1. The van der Waals surface area contributed by atoms with Gasteiger partial charge in [-0.15, -0.1) is 0 Å². The molecule has 1 N–H and O–H groups in total.